The first kappa shape index (κ1) is 51.5. The van der Waals surface area contributed by atoms with Gasteiger partial charge in [-0.05, 0) is 0 Å². The molecule has 310 valence electrons. The molecule has 0 saturated heterocycles. The fourth-order valence-corrected chi connectivity index (χ4v) is 4.08. The van der Waals surface area contributed by atoms with E-state index in [0.717, 1.165) is 59.8 Å². The molecule has 0 saturated carbocycles. The maximum atomic E-state index is 9.88. The van der Waals surface area contributed by atoms with Crippen LogP contribution in [0.3, 0.4) is 0 Å². The van der Waals surface area contributed by atoms with Crippen LogP contribution in [0.15, 0.2) is 171 Å². The van der Waals surface area contributed by atoms with E-state index >= 15 is 0 Å². The Morgan fingerprint density at radius 1 is 0.351 bits per heavy atom. The Kier molecular flexibility index (Phi) is 23.1. The van der Waals surface area contributed by atoms with E-state index < -0.39 is 8.63 Å². The molecule has 4 aromatic heterocycles. The van der Waals surface area contributed by atoms with Crippen molar-refractivity contribution >= 4 is 8.63 Å². The maximum absolute atomic E-state index is 10.8. The van der Waals surface area contributed by atoms with Gasteiger partial charge >= 0.3 is 67.4 Å². The number of imidazole rings is 4. The first-order valence-electron chi connectivity index (χ1n) is 16.0. The summed E-state index contributed by atoms with van der Waals surface area (Å²) in [5.41, 5.74) is 4.49. The third-order valence-electron chi connectivity index (χ3n) is 6.18. The first-order chi connectivity index (χ1) is 26.3. The van der Waals surface area contributed by atoms with E-state index in [1.807, 2.05) is 146 Å². The number of hydrogen-bond acceptors (Lipinski definition) is 6. The molecule has 0 spiro atoms. The minimum Gasteiger partial charge on any atom is -0.345 e. The summed E-state index contributed by atoms with van der Waals surface area (Å²) in [6.07, 6.45) is 14.3. The number of rotatable bonds is 4. The SMILES string of the molecule is C[O-].C[O-].F[Si-2](F)(F)(F)(F)F.[Cu+2].[Cu+2].c1ccc(-c2ncc[nH]2)cc1.c1ccc(-c2ncc[nH]2)cc1.c1ccc(-c2ncc[nH]2)cc1.c1ccc(-c2ncc[nH]2)cc1. The topological polar surface area (TPSA) is 161 Å². The van der Waals surface area contributed by atoms with Gasteiger partial charge in [-0.15, -0.1) is 0 Å². The molecular formula is C38H38Cu2F6N8O2Si. The predicted octanol–water partition coefficient (Wildman–Crippen LogP) is 8.40. The van der Waals surface area contributed by atoms with Crippen LogP contribution in [-0.4, -0.2) is 62.7 Å². The van der Waals surface area contributed by atoms with Gasteiger partial charge in [-0.25, -0.2) is 19.9 Å². The molecule has 0 bridgehead atoms. The van der Waals surface area contributed by atoms with Gasteiger partial charge in [0.25, 0.3) is 0 Å². The maximum Gasteiger partial charge on any atom is 2.00 e. The molecule has 4 aromatic carbocycles. The average molecular weight is 908 g/mol. The largest absolute Gasteiger partial charge is 2.00 e. The van der Waals surface area contributed by atoms with Crippen molar-refractivity contribution in [3.05, 3.63) is 171 Å². The summed E-state index contributed by atoms with van der Waals surface area (Å²) < 4.78 is 59.3. The smallest absolute Gasteiger partial charge is 0.345 e. The van der Waals surface area contributed by atoms with Crippen LogP contribution in [-0.2, 0) is 34.1 Å². The molecule has 0 atom stereocenters. The van der Waals surface area contributed by atoms with Gasteiger partial charge < -0.3 is 30.1 Å². The van der Waals surface area contributed by atoms with E-state index in [2.05, 4.69) is 39.9 Å². The molecule has 57 heavy (non-hydrogen) atoms. The fourth-order valence-electron chi connectivity index (χ4n) is 4.08. The van der Waals surface area contributed by atoms with E-state index in [4.69, 9.17) is 10.2 Å². The van der Waals surface area contributed by atoms with Crippen molar-refractivity contribution in [1.29, 1.82) is 0 Å². The van der Waals surface area contributed by atoms with E-state index in [0.29, 0.717) is 0 Å². The van der Waals surface area contributed by atoms with Gasteiger partial charge in [-0.3, -0.25) is 0 Å². The third-order valence-corrected chi connectivity index (χ3v) is 6.18. The second-order valence-corrected chi connectivity index (χ2v) is 12.4. The van der Waals surface area contributed by atoms with Gasteiger partial charge in [0.05, 0.1) is 0 Å². The molecular weight excluding hydrogens is 870 g/mol. The van der Waals surface area contributed by atoms with Crippen molar-refractivity contribution in [2.75, 3.05) is 14.2 Å². The number of aromatic amines is 4. The summed E-state index contributed by atoms with van der Waals surface area (Å²) in [6.45, 7) is 0. The Labute approximate surface area is 346 Å². The van der Waals surface area contributed by atoms with Gasteiger partial charge in [0.15, 0.2) is 0 Å². The zero-order valence-electron chi connectivity index (χ0n) is 30.1. The molecule has 0 aliphatic rings. The zero-order chi connectivity index (χ0) is 40.5. The molecule has 4 heterocycles. The van der Waals surface area contributed by atoms with Crippen molar-refractivity contribution in [3.63, 3.8) is 0 Å². The van der Waals surface area contributed by atoms with Crippen molar-refractivity contribution in [3.8, 4) is 45.6 Å². The van der Waals surface area contributed by atoms with Crippen molar-refractivity contribution in [2.45, 2.75) is 0 Å². The molecule has 8 rings (SSSR count). The van der Waals surface area contributed by atoms with Gasteiger partial charge in [-0.1, -0.05) is 121 Å². The molecule has 0 fully saturated rings. The first-order valence-corrected chi connectivity index (χ1v) is 18.3. The Morgan fingerprint density at radius 3 is 0.632 bits per heavy atom. The standard InChI is InChI=1S/4C9H8N2.2CH3O.2Cu.F6Si/c4*1-2-4-8(5-3-1)9-10-6-7-11-9;2*1-2;;;1-7(2,3,4,5)6/h4*1-7H,(H,10,11);2*1H3;;;/q;;;;2*-1;2*+2;-2. The predicted molar refractivity (Wildman–Crippen MR) is 200 cm³/mol. The van der Waals surface area contributed by atoms with E-state index in [1.165, 1.54) is 0 Å². The summed E-state index contributed by atoms with van der Waals surface area (Å²) in [5.74, 6) is 3.69. The summed E-state index contributed by atoms with van der Waals surface area (Å²) in [4.78, 5) is 28.7. The molecule has 0 aliphatic heterocycles. The van der Waals surface area contributed by atoms with Gasteiger partial charge in [0.2, 0.25) is 0 Å². The quantitative estimate of drug-likeness (QED) is 0.0789. The second kappa shape index (κ2) is 25.6. The summed E-state index contributed by atoms with van der Waals surface area (Å²) in [7, 11) is -9.34. The molecule has 0 amide bonds. The van der Waals surface area contributed by atoms with Crippen molar-refractivity contribution < 1.29 is 69.0 Å². The van der Waals surface area contributed by atoms with Crippen molar-refractivity contribution in [2.24, 2.45) is 0 Å². The van der Waals surface area contributed by atoms with Crippen LogP contribution in [0.2, 0.25) is 0 Å². The van der Waals surface area contributed by atoms with E-state index in [9.17, 15) is 24.6 Å². The number of nitrogens with one attached hydrogen (secondary N) is 4. The molecule has 0 aliphatic carbocycles. The van der Waals surface area contributed by atoms with Crippen LogP contribution in [0.25, 0.3) is 45.6 Å². The van der Waals surface area contributed by atoms with Crippen molar-refractivity contribution in [1.82, 2.24) is 39.9 Å². The molecule has 19 heteroatoms. The van der Waals surface area contributed by atoms with Gasteiger partial charge in [0.1, 0.15) is 23.3 Å². The molecule has 4 N–H and O–H groups in total. The zero-order valence-corrected chi connectivity index (χ0v) is 33.0. The normalized spacial score (nSPS) is 10.6. The van der Waals surface area contributed by atoms with Crippen LogP contribution in [0.5, 0.6) is 0 Å². The molecule has 0 unspecified atom stereocenters. The van der Waals surface area contributed by atoms with Gasteiger partial charge in [0, 0.05) is 71.8 Å². The van der Waals surface area contributed by atoms with E-state index in [1.54, 1.807) is 24.8 Å². The molecule has 10 nitrogen and oxygen atoms in total. The number of nitrogens with zero attached hydrogens (tertiary/aromatic N) is 4. The summed E-state index contributed by atoms with van der Waals surface area (Å²) in [5, 5.41) is 16.5. The number of halogens is 6. The van der Waals surface area contributed by atoms with Crippen LogP contribution >= 0.6 is 0 Å². The Morgan fingerprint density at radius 2 is 0.509 bits per heavy atom. The summed E-state index contributed by atoms with van der Waals surface area (Å²) >= 11 is 0. The third kappa shape index (κ3) is 23.9. The van der Waals surface area contributed by atoms with Crippen LogP contribution < -0.4 is 10.2 Å². The Balaban J connectivity index is 0.000000672. The monoisotopic (exact) mass is 906 g/mol. The minimum atomic E-state index is -10.8. The van der Waals surface area contributed by atoms with Gasteiger partial charge in [-0.2, -0.15) is 14.2 Å². The fraction of sp³-hybridized carbons (Fsp3) is 0.0526. The van der Waals surface area contributed by atoms with Crippen LogP contribution in [0, 0.1) is 0 Å². The molecule has 8 aromatic rings. The number of H-pyrrole nitrogens is 4. The van der Waals surface area contributed by atoms with Crippen LogP contribution in [0.1, 0.15) is 0 Å². The minimum absolute atomic E-state index is 0. The number of benzene rings is 4. The Bertz CT molecular complexity index is 1780. The van der Waals surface area contributed by atoms with Crippen LogP contribution in [0.4, 0.5) is 24.6 Å². The van der Waals surface area contributed by atoms with E-state index in [-0.39, 0.29) is 34.1 Å². The molecule has 2 radical (unpaired) electrons. The average Bonchev–Trinajstić information content (AvgIpc) is 4.07. The Hall–Kier alpha value is -5.52. The second-order valence-electron chi connectivity index (χ2n) is 10.3. The summed E-state index contributed by atoms with van der Waals surface area (Å²) in [6, 6.07) is 40.2. The number of hydrogen-bond donors (Lipinski definition) is 4. The number of aromatic nitrogens is 8.